The third-order valence-corrected chi connectivity index (χ3v) is 2.57. The molecule has 2 N–H and O–H groups in total. The highest BCUT2D eigenvalue weighted by Crippen LogP contribution is 2.13. The maximum absolute atomic E-state index is 8.84. The Morgan fingerprint density at radius 1 is 1.25 bits per heavy atom. The third kappa shape index (κ3) is 4.21. The zero-order chi connectivity index (χ0) is 11.8. The summed E-state index contributed by atoms with van der Waals surface area (Å²) in [5.74, 6) is 0. The molecule has 0 atom stereocenters. The Morgan fingerprint density at radius 2 is 1.94 bits per heavy atom. The molecule has 1 rings (SSSR count). The van der Waals surface area contributed by atoms with E-state index >= 15 is 0 Å². The summed E-state index contributed by atoms with van der Waals surface area (Å²) >= 11 is 0. The summed E-state index contributed by atoms with van der Waals surface area (Å²) in [4.78, 5) is 2.04. The predicted octanol–water partition coefficient (Wildman–Crippen LogP) is 1.61. The van der Waals surface area contributed by atoms with Crippen molar-refractivity contribution in [1.29, 1.82) is 0 Å². The molecule has 0 saturated heterocycles. The first-order chi connectivity index (χ1) is 7.77. The number of benzene rings is 1. The average Bonchev–Trinajstić information content (AvgIpc) is 2.30. The van der Waals surface area contributed by atoms with Gasteiger partial charge in [0.2, 0.25) is 0 Å². The standard InChI is InChI=1S/C13H22N2O/c1-3-8-14-11-12-4-6-13(7-5-12)15(2)9-10-16/h4-7,14,16H,3,8-11H2,1-2H3. The van der Waals surface area contributed by atoms with Gasteiger partial charge in [0.05, 0.1) is 6.61 Å². The molecule has 0 aliphatic heterocycles. The molecular formula is C13H22N2O. The van der Waals surface area contributed by atoms with E-state index in [1.54, 1.807) is 0 Å². The number of rotatable bonds is 7. The molecule has 90 valence electrons. The van der Waals surface area contributed by atoms with E-state index in [1.807, 2.05) is 11.9 Å². The van der Waals surface area contributed by atoms with E-state index in [4.69, 9.17) is 5.11 Å². The van der Waals surface area contributed by atoms with Crippen LogP contribution in [0.1, 0.15) is 18.9 Å². The van der Waals surface area contributed by atoms with Crippen LogP contribution in [0.3, 0.4) is 0 Å². The van der Waals surface area contributed by atoms with Crippen molar-refractivity contribution in [2.24, 2.45) is 0 Å². The Bertz CT molecular complexity index is 284. The van der Waals surface area contributed by atoms with Crippen molar-refractivity contribution in [2.75, 3.05) is 31.6 Å². The molecule has 1 aromatic carbocycles. The van der Waals surface area contributed by atoms with Crippen LogP contribution in [-0.4, -0.2) is 31.9 Å². The van der Waals surface area contributed by atoms with Gasteiger partial charge in [0.1, 0.15) is 0 Å². The SMILES string of the molecule is CCCNCc1ccc(N(C)CCO)cc1. The summed E-state index contributed by atoms with van der Waals surface area (Å²) in [6, 6.07) is 8.45. The van der Waals surface area contributed by atoms with Crippen molar-refractivity contribution in [3.63, 3.8) is 0 Å². The van der Waals surface area contributed by atoms with Crippen LogP contribution >= 0.6 is 0 Å². The largest absolute Gasteiger partial charge is 0.395 e. The molecule has 0 radical (unpaired) electrons. The van der Waals surface area contributed by atoms with Crippen LogP contribution in [0.5, 0.6) is 0 Å². The second-order valence-corrected chi connectivity index (χ2v) is 3.99. The maximum Gasteiger partial charge on any atom is 0.0606 e. The second kappa shape index (κ2) is 7.25. The van der Waals surface area contributed by atoms with Gasteiger partial charge in [-0.25, -0.2) is 0 Å². The summed E-state index contributed by atoms with van der Waals surface area (Å²) in [7, 11) is 1.99. The zero-order valence-corrected chi connectivity index (χ0v) is 10.2. The number of nitrogens with one attached hydrogen (secondary N) is 1. The normalized spacial score (nSPS) is 10.4. The summed E-state index contributed by atoms with van der Waals surface area (Å²) < 4.78 is 0. The molecule has 0 heterocycles. The van der Waals surface area contributed by atoms with Crippen LogP contribution in [0, 0.1) is 0 Å². The molecule has 1 aromatic rings. The highest BCUT2D eigenvalue weighted by Gasteiger charge is 1.99. The van der Waals surface area contributed by atoms with Crippen LogP contribution in [0.15, 0.2) is 24.3 Å². The lowest BCUT2D eigenvalue weighted by atomic mass is 10.2. The van der Waals surface area contributed by atoms with Gasteiger partial charge in [0.25, 0.3) is 0 Å². The number of hydrogen-bond donors (Lipinski definition) is 2. The first kappa shape index (κ1) is 13.0. The lowest BCUT2D eigenvalue weighted by molar-refractivity contribution is 0.304. The lowest BCUT2D eigenvalue weighted by Crippen LogP contribution is -2.21. The molecule has 0 bridgehead atoms. The highest BCUT2D eigenvalue weighted by molar-refractivity contribution is 5.46. The fourth-order valence-corrected chi connectivity index (χ4v) is 1.56. The first-order valence-corrected chi connectivity index (χ1v) is 5.89. The quantitative estimate of drug-likeness (QED) is 0.688. The Balaban J connectivity index is 2.47. The molecule has 0 aliphatic rings. The molecule has 0 aliphatic carbocycles. The van der Waals surface area contributed by atoms with Crippen molar-refractivity contribution < 1.29 is 5.11 Å². The monoisotopic (exact) mass is 222 g/mol. The van der Waals surface area contributed by atoms with E-state index in [-0.39, 0.29) is 6.61 Å². The van der Waals surface area contributed by atoms with Gasteiger partial charge >= 0.3 is 0 Å². The molecule has 0 saturated carbocycles. The predicted molar refractivity (Wildman–Crippen MR) is 68.8 cm³/mol. The number of anilines is 1. The van der Waals surface area contributed by atoms with Gasteiger partial charge < -0.3 is 15.3 Å². The van der Waals surface area contributed by atoms with Crippen molar-refractivity contribution in [2.45, 2.75) is 19.9 Å². The minimum Gasteiger partial charge on any atom is -0.395 e. The topological polar surface area (TPSA) is 35.5 Å². The van der Waals surface area contributed by atoms with Gasteiger partial charge in [-0.1, -0.05) is 19.1 Å². The van der Waals surface area contributed by atoms with Crippen LogP contribution in [0.25, 0.3) is 0 Å². The van der Waals surface area contributed by atoms with E-state index in [1.165, 1.54) is 5.56 Å². The Hall–Kier alpha value is -1.06. The fourth-order valence-electron chi connectivity index (χ4n) is 1.56. The number of likely N-dealkylation sites (N-methyl/N-ethyl adjacent to an activating group) is 1. The van der Waals surface area contributed by atoms with Crippen molar-refractivity contribution in [3.05, 3.63) is 29.8 Å². The van der Waals surface area contributed by atoms with E-state index < -0.39 is 0 Å². The van der Waals surface area contributed by atoms with Crippen LogP contribution < -0.4 is 10.2 Å². The minimum atomic E-state index is 0.191. The van der Waals surface area contributed by atoms with Gasteiger partial charge in [0.15, 0.2) is 0 Å². The molecule has 0 unspecified atom stereocenters. The molecule has 0 fully saturated rings. The molecule has 3 heteroatoms. The van der Waals surface area contributed by atoms with E-state index in [9.17, 15) is 0 Å². The van der Waals surface area contributed by atoms with Gasteiger partial charge in [-0.05, 0) is 30.7 Å². The average molecular weight is 222 g/mol. The van der Waals surface area contributed by atoms with Crippen LogP contribution in [0.4, 0.5) is 5.69 Å². The maximum atomic E-state index is 8.84. The van der Waals surface area contributed by atoms with E-state index in [2.05, 4.69) is 36.5 Å². The third-order valence-electron chi connectivity index (χ3n) is 2.57. The van der Waals surface area contributed by atoms with Crippen LogP contribution in [-0.2, 0) is 6.54 Å². The zero-order valence-electron chi connectivity index (χ0n) is 10.2. The van der Waals surface area contributed by atoms with Gasteiger partial charge in [-0.15, -0.1) is 0 Å². The summed E-state index contributed by atoms with van der Waals surface area (Å²) in [5.41, 5.74) is 2.45. The molecule has 0 amide bonds. The summed E-state index contributed by atoms with van der Waals surface area (Å²) in [6.45, 7) is 5.02. The van der Waals surface area contributed by atoms with Crippen molar-refractivity contribution in [1.82, 2.24) is 5.32 Å². The fraction of sp³-hybridized carbons (Fsp3) is 0.538. The number of aliphatic hydroxyl groups is 1. The van der Waals surface area contributed by atoms with Gasteiger partial charge in [-0.2, -0.15) is 0 Å². The lowest BCUT2D eigenvalue weighted by Gasteiger charge is -2.18. The van der Waals surface area contributed by atoms with E-state index in [0.717, 1.165) is 25.2 Å². The highest BCUT2D eigenvalue weighted by atomic mass is 16.3. The summed E-state index contributed by atoms with van der Waals surface area (Å²) in [5, 5.41) is 12.2. The Kier molecular flexibility index (Phi) is 5.90. The first-order valence-electron chi connectivity index (χ1n) is 5.89. The number of hydrogen-bond acceptors (Lipinski definition) is 3. The van der Waals surface area contributed by atoms with Gasteiger partial charge in [0, 0.05) is 25.8 Å². The molecule has 0 aromatic heterocycles. The van der Waals surface area contributed by atoms with Crippen LogP contribution in [0.2, 0.25) is 0 Å². The smallest absolute Gasteiger partial charge is 0.0606 e. The Labute approximate surface area is 98.1 Å². The van der Waals surface area contributed by atoms with Crippen molar-refractivity contribution >= 4 is 5.69 Å². The number of aliphatic hydroxyl groups excluding tert-OH is 1. The Morgan fingerprint density at radius 3 is 2.50 bits per heavy atom. The number of nitrogens with zero attached hydrogens (tertiary/aromatic N) is 1. The minimum absolute atomic E-state index is 0.191. The molecule has 16 heavy (non-hydrogen) atoms. The van der Waals surface area contributed by atoms with Gasteiger partial charge in [-0.3, -0.25) is 0 Å². The second-order valence-electron chi connectivity index (χ2n) is 3.99. The van der Waals surface area contributed by atoms with Crippen molar-refractivity contribution in [3.8, 4) is 0 Å². The molecular weight excluding hydrogens is 200 g/mol. The summed E-state index contributed by atoms with van der Waals surface area (Å²) in [6.07, 6.45) is 1.16. The molecule has 3 nitrogen and oxygen atoms in total. The van der Waals surface area contributed by atoms with E-state index in [0.29, 0.717) is 6.54 Å². The molecule has 0 spiro atoms.